The zero-order valence-electron chi connectivity index (χ0n) is 21.5. The third-order valence-corrected chi connectivity index (χ3v) is 7.87. The van der Waals surface area contributed by atoms with Gasteiger partial charge in [0.25, 0.3) is 20.2 Å². The summed E-state index contributed by atoms with van der Waals surface area (Å²) in [5.74, 6) is 0. The Bertz CT molecular complexity index is 2060. The van der Waals surface area contributed by atoms with Gasteiger partial charge in [-0.1, -0.05) is 59.8 Å². The number of hydrogen-bond acceptors (Lipinski definition) is 9. The Morgan fingerprint density at radius 1 is 0.619 bits per heavy atom. The number of hydrogen-bond donors (Lipinski definition) is 4. The maximum atomic E-state index is 11.9. The number of benzene rings is 5. The number of fused-ring (bicyclic) bond motifs is 1. The van der Waals surface area contributed by atoms with Crippen LogP contribution < -0.4 is 11.2 Å². The number of nitrogens with two attached hydrogens (primary N) is 1. The van der Waals surface area contributed by atoms with Crippen LogP contribution in [0, 0.1) is 0 Å². The lowest BCUT2D eigenvalue weighted by Crippen LogP contribution is -2.01. The largest absolute Gasteiger partial charge is 0.396 e. The molecule has 42 heavy (non-hydrogen) atoms. The molecule has 5 N–H and O–H groups in total. The Kier molecular flexibility index (Phi) is 7.78. The Hall–Kier alpha value is -5.02. The van der Waals surface area contributed by atoms with Crippen molar-refractivity contribution in [2.24, 2.45) is 20.6 Å². The molecule has 0 bridgehead atoms. The number of nitrogens with zero attached hydrogens (tertiary/aromatic N) is 4. The summed E-state index contributed by atoms with van der Waals surface area (Å²) in [7, 11) is -8.84. The van der Waals surface area contributed by atoms with Crippen molar-refractivity contribution in [3.05, 3.63) is 103 Å². The topological polar surface area (TPSA) is 196 Å². The summed E-state index contributed by atoms with van der Waals surface area (Å²) in [6.45, 7) is 0. The summed E-state index contributed by atoms with van der Waals surface area (Å²) in [5, 5.41) is 16.9. The monoisotopic (exact) mass is 602 g/mol. The van der Waals surface area contributed by atoms with Crippen molar-refractivity contribution < 1.29 is 25.9 Å². The van der Waals surface area contributed by atoms with Crippen molar-refractivity contribution in [2.45, 2.75) is 9.79 Å². The van der Waals surface area contributed by atoms with E-state index < -0.39 is 20.2 Å². The molecule has 0 spiro atoms. The van der Waals surface area contributed by atoms with E-state index >= 15 is 0 Å². The van der Waals surface area contributed by atoms with Crippen LogP contribution in [0.15, 0.2) is 133 Å². The molecule has 0 unspecified atom stereocenters. The fourth-order valence-corrected chi connectivity index (χ4v) is 5.31. The third kappa shape index (κ3) is 6.47. The molecule has 0 fully saturated rings. The first-order valence-electron chi connectivity index (χ1n) is 12.1. The van der Waals surface area contributed by atoms with Gasteiger partial charge in [-0.25, -0.2) is 0 Å². The molecule has 5 rings (SSSR count). The van der Waals surface area contributed by atoms with E-state index in [0.29, 0.717) is 22.4 Å². The summed E-state index contributed by atoms with van der Waals surface area (Å²) in [5.41, 5.74) is 12.3. The molecule has 0 radical (unpaired) electrons. The second kappa shape index (κ2) is 11.5. The van der Waals surface area contributed by atoms with E-state index in [1.165, 1.54) is 24.3 Å². The molecule has 212 valence electrons. The Morgan fingerprint density at radius 3 is 1.81 bits per heavy atom. The summed E-state index contributed by atoms with van der Waals surface area (Å²) in [4.78, 5) is -0.564. The molecule has 0 saturated heterocycles. The van der Waals surface area contributed by atoms with Crippen LogP contribution in [-0.2, 0) is 20.2 Å². The van der Waals surface area contributed by atoms with Gasteiger partial charge in [0.2, 0.25) is 0 Å². The number of azo groups is 1. The first-order chi connectivity index (χ1) is 20.0. The lowest BCUT2D eigenvalue weighted by molar-refractivity contribution is 0.481. The highest BCUT2D eigenvalue weighted by molar-refractivity contribution is 7.86. The van der Waals surface area contributed by atoms with Crippen molar-refractivity contribution >= 4 is 59.4 Å². The van der Waals surface area contributed by atoms with Crippen LogP contribution in [0.25, 0.3) is 21.9 Å². The van der Waals surface area contributed by atoms with Crippen molar-refractivity contribution in [1.82, 2.24) is 0 Å². The summed E-state index contributed by atoms with van der Waals surface area (Å²) in [6, 6.07) is 27.6. The molecule has 0 aromatic heterocycles. The zero-order valence-corrected chi connectivity index (χ0v) is 23.2. The average molecular weight is 603 g/mol. The maximum absolute atomic E-state index is 11.9. The van der Waals surface area contributed by atoms with E-state index in [4.69, 9.17) is 10.3 Å². The molecule has 0 aliphatic rings. The molecule has 0 heterocycles. The molecule has 0 saturated carbocycles. The van der Waals surface area contributed by atoms with Crippen molar-refractivity contribution in [1.29, 1.82) is 0 Å². The molecule has 0 amide bonds. The van der Waals surface area contributed by atoms with Gasteiger partial charge in [-0.2, -0.15) is 21.9 Å². The van der Waals surface area contributed by atoms with Crippen LogP contribution in [0.5, 0.6) is 0 Å². The predicted octanol–water partition coefficient (Wildman–Crippen LogP) is 7.11. The van der Waals surface area contributed by atoms with Crippen LogP contribution >= 0.6 is 0 Å². The lowest BCUT2D eigenvalue weighted by atomic mass is 10.1. The van der Waals surface area contributed by atoms with E-state index in [9.17, 15) is 21.4 Å². The molecule has 14 heteroatoms. The highest BCUT2D eigenvalue weighted by Crippen LogP contribution is 2.37. The number of nitrogens with one attached hydrogen (secondary N) is 1. The minimum Gasteiger partial charge on any atom is -0.396 e. The number of rotatable bonds is 8. The molecule has 0 atom stereocenters. The molecular formula is C28H22N6O6S2. The van der Waals surface area contributed by atoms with Gasteiger partial charge < -0.3 is 5.73 Å². The Balaban J connectivity index is 1.29. The maximum Gasteiger partial charge on any atom is 0.295 e. The van der Waals surface area contributed by atoms with Crippen LogP contribution in [0.2, 0.25) is 0 Å². The smallest absolute Gasteiger partial charge is 0.295 e. The van der Waals surface area contributed by atoms with Gasteiger partial charge >= 0.3 is 0 Å². The normalized spacial score (nSPS) is 12.3. The van der Waals surface area contributed by atoms with Crippen molar-refractivity contribution in [3.8, 4) is 11.1 Å². The minimum atomic E-state index is -4.52. The number of nitrogen functional groups attached to an aromatic ring is 1. The van der Waals surface area contributed by atoms with E-state index in [-0.39, 0.29) is 26.6 Å². The Morgan fingerprint density at radius 2 is 1.21 bits per heavy atom. The molecule has 5 aromatic carbocycles. The fraction of sp³-hybridized carbons (Fsp3) is 0. The summed E-state index contributed by atoms with van der Waals surface area (Å²) >= 11 is 0. The summed E-state index contributed by atoms with van der Waals surface area (Å²) in [6.07, 6.45) is 0. The Labute approximate surface area is 240 Å². The zero-order chi connectivity index (χ0) is 29.9. The molecular weight excluding hydrogens is 580 g/mol. The quantitative estimate of drug-likeness (QED) is 0.0623. The van der Waals surface area contributed by atoms with Gasteiger partial charge in [0.1, 0.15) is 10.6 Å². The van der Waals surface area contributed by atoms with Crippen LogP contribution in [0.3, 0.4) is 0 Å². The first kappa shape index (κ1) is 28.5. The molecule has 12 nitrogen and oxygen atoms in total. The third-order valence-electron chi connectivity index (χ3n) is 6.12. The van der Waals surface area contributed by atoms with Gasteiger partial charge in [-0.05, 0) is 59.7 Å². The van der Waals surface area contributed by atoms with Gasteiger partial charge in [-0.15, -0.1) is 10.2 Å². The predicted molar refractivity (Wildman–Crippen MR) is 159 cm³/mol. The van der Waals surface area contributed by atoms with Gasteiger partial charge in [0.05, 0.1) is 27.6 Å². The van der Waals surface area contributed by atoms with E-state index in [2.05, 4.69) is 26.0 Å². The van der Waals surface area contributed by atoms with Crippen molar-refractivity contribution in [3.63, 3.8) is 0 Å². The van der Waals surface area contributed by atoms with Crippen LogP contribution in [0.1, 0.15) is 0 Å². The van der Waals surface area contributed by atoms with E-state index in [0.717, 1.165) is 11.1 Å². The van der Waals surface area contributed by atoms with Gasteiger partial charge in [-0.3, -0.25) is 14.5 Å². The second-order valence-corrected chi connectivity index (χ2v) is 11.7. The average Bonchev–Trinajstić information content (AvgIpc) is 2.97. The SMILES string of the molecule is Nc1c(N=Nc2ccc(-c3ccc(N=NNc4cccc(S(=O)(=O)O)c4)cc3)cc2)cc(S(=O)(=O)O)c2ccccc12. The molecule has 0 aliphatic heterocycles. The van der Waals surface area contributed by atoms with Gasteiger partial charge in [0, 0.05) is 10.8 Å². The van der Waals surface area contributed by atoms with Gasteiger partial charge in [0.15, 0.2) is 0 Å². The molecule has 5 aromatic rings. The van der Waals surface area contributed by atoms with Crippen molar-refractivity contribution in [2.75, 3.05) is 11.2 Å². The summed E-state index contributed by atoms with van der Waals surface area (Å²) < 4.78 is 65.2. The standard InChI is InChI=1S/C28H22N6O6S2/c29-28-25-7-2-1-6-24(25)27(42(38,39)40)17-26(28)33-30-20-12-8-18(9-13-20)19-10-14-21(15-11-19)31-34-32-22-4-3-5-23(16-22)41(35,36)37/h1-17H,29H2,(H,31,32)(H,35,36,37)(H,38,39,40). The highest BCUT2D eigenvalue weighted by atomic mass is 32.2. The lowest BCUT2D eigenvalue weighted by Gasteiger charge is -2.09. The fourth-order valence-electron chi connectivity index (χ4n) is 4.07. The van der Waals surface area contributed by atoms with E-state index in [1.807, 2.05) is 24.3 Å². The highest BCUT2D eigenvalue weighted by Gasteiger charge is 2.18. The minimum absolute atomic E-state index is 0.107. The molecule has 0 aliphatic carbocycles. The van der Waals surface area contributed by atoms with E-state index in [1.54, 1.807) is 54.6 Å². The second-order valence-electron chi connectivity index (χ2n) is 8.94. The van der Waals surface area contributed by atoms with Crippen LogP contribution in [-0.4, -0.2) is 25.9 Å². The number of anilines is 2. The first-order valence-corrected chi connectivity index (χ1v) is 15.0. The van der Waals surface area contributed by atoms with Crippen LogP contribution in [0.4, 0.5) is 28.4 Å².